The standard InChI is InChI=1S/C13H18BrNO2/c1-2-10(16)8-15-12-5-6-17-13-4-3-9(14)7-11(12)13/h3-4,7,10,12,15-16H,2,5-6,8H2,1H3. The molecule has 1 aromatic rings. The number of aliphatic hydroxyl groups is 1. The van der Waals surface area contributed by atoms with Crippen LogP contribution in [0.3, 0.4) is 0 Å². The first kappa shape index (κ1) is 12.9. The fourth-order valence-electron chi connectivity index (χ4n) is 2.00. The average Bonchev–Trinajstić information content (AvgIpc) is 2.35. The Morgan fingerprint density at radius 1 is 1.59 bits per heavy atom. The van der Waals surface area contributed by atoms with E-state index in [2.05, 4.69) is 27.3 Å². The molecule has 0 amide bonds. The van der Waals surface area contributed by atoms with Crippen LogP contribution in [-0.2, 0) is 0 Å². The number of nitrogens with one attached hydrogen (secondary N) is 1. The van der Waals surface area contributed by atoms with Gasteiger partial charge in [0.25, 0.3) is 0 Å². The summed E-state index contributed by atoms with van der Waals surface area (Å²) in [4.78, 5) is 0. The van der Waals surface area contributed by atoms with Crippen molar-refractivity contribution in [2.75, 3.05) is 13.2 Å². The minimum Gasteiger partial charge on any atom is -0.493 e. The van der Waals surface area contributed by atoms with Crippen LogP contribution in [0.2, 0.25) is 0 Å². The molecule has 0 aromatic heterocycles. The average molecular weight is 300 g/mol. The summed E-state index contributed by atoms with van der Waals surface area (Å²) in [7, 11) is 0. The first-order chi connectivity index (χ1) is 8.20. The molecule has 2 rings (SSSR count). The van der Waals surface area contributed by atoms with Crippen LogP contribution in [0.15, 0.2) is 22.7 Å². The maximum Gasteiger partial charge on any atom is 0.124 e. The minimum absolute atomic E-state index is 0.270. The molecule has 0 saturated heterocycles. The van der Waals surface area contributed by atoms with Crippen LogP contribution >= 0.6 is 15.9 Å². The van der Waals surface area contributed by atoms with Crippen LogP contribution in [0.4, 0.5) is 0 Å². The van der Waals surface area contributed by atoms with Gasteiger partial charge in [-0.25, -0.2) is 0 Å². The summed E-state index contributed by atoms with van der Waals surface area (Å²) >= 11 is 3.48. The number of rotatable bonds is 4. The van der Waals surface area contributed by atoms with Gasteiger partial charge in [0.15, 0.2) is 0 Å². The van der Waals surface area contributed by atoms with Crippen molar-refractivity contribution in [2.24, 2.45) is 0 Å². The molecule has 2 N–H and O–H groups in total. The van der Waals surface area contributed by atoms with Gasteiger partial charge < -0.3 is 15.2 Å². The maximum absolute atomic E-state index is 9.59. The molecule has 0 spiro atoms. The van der Waals surface area contributed by atoms with Crippen molar-refractivity contribution in [2.45, 2.75) is 31.9 Å². The number of ether oxygens (including phenoxy) is 1. The van der Waals surface area contributed by atoms with Gasteiger partial charge in [0.1, 0.15) is 5.75 Å². The van der Waals surface area contributed by atoms with Gasteiger partial charge in [0.05, 0.1) is 12.7 Å². The molecule has 1 aromatic carbocycles. The highest BCUT2D eigenvalue weighted by molar-refractivity contribution is 9.10. The van der Waals surface area contributed by atoms with Crippen LogP contribution in [0.1, 0.15) is 31.4 Å². The van der Waals surface area contributed by atoms with Crippen LogP contribution in [0.25, 0.3) is 0 Å². The summed E-state index contributed by atoms with van der Waals surface area (Å²) in [6.07, 6.45) is 1.45. The molecule has 17 heavy (non-hydrogen) atoms. The summed E-state index contributed by atoms with van der Waals surface area (Å²) < 4.78 is 6.68. The van der Waals surface area contributed by atoms with Crippen molar-refractivity contribution >= 4 is 15.9 Å². The van der Waals surface area contributed by atoms with E-state index in [0.29, 0.717) is 6.54 Å². The molecule has 3 nitrogen and oxygen atoms in total. The van der Waals surface area contributed by atoms with Crippen LogP contribution in [-0.4, -0.2) is 24.4 Å². The van der Waals surface area contributed by atoms with Gasteiger partial charge in [-0.1, -0.05) is 22.9 Å². The SMILES string of the molecule is CCC(O)CNC1CCOc2ccc(Br)cc21. The number of hydrogen-bond acceptors (Lipinski definition) is 3. The first-order valence-electron chi connectivity index (χ1n) is 6.04. The molecular formula is C13H18BrNO2. The predicted molar refractivity (Wildman–Crippen MR) is 71.3 cm³/mol. The molecule has 0 aliphatic carbocycles. The highest BCUT2D eigenvalue weighted by Crippen LogP contribution is 2.33. The largest absolute Gasteiger partial charge is 0.493 e. The Labute approximate surface area is 110 Å². The van der Waals surface area contributed by atoms with Crippen LogP contribution in [0, 0.1) is 0 Å². The van der Waals surface area contributed by atoms with E-state index in [1.165, 1.54) is 5.56 Å². The van der Waals surface area contributed by atoms with Crippen molar-refractivity contribution in [1.82, 2.24) is 5.32 Å². The van der Waals surface area contributed by atoms with E-state index in [9.17, 15) is 5.11 Å². The third-order valence-corrected chi connectivity index (χ3v) is 3.58. The lowest BCUT2D eigenvalue weighted by Crippen LogP contribution is -2.33. The Balaban J connectivity index is 2.08. The summed E-state index contributed by atoms with van der Waals surface area (Å²) in [6, 6.07) is 6.34. The number of benzene rings is 1. The zero-order valence-corrected chi connectivity index (χ0v) is 11.5. The number of fused-ring (bicyclic) bond motifs is 1. The summed E-state index contributed by atoms with van der Waals surface area (Å²) in [6.45, 7) is 3.35. The molecule has 2 unspecified atom stereocenters. The molecule has 1 heterocycles. The molecular weight excluding hydrogens is 282 g/mol. The van der Waals surface area contributed by atoms with E-state index in [-0.39, 0.29) is 12.1 Å². The zero-order valence-electron chi connectivity index (χ0n) is 9.95. The molecule has 0 fully saturated rings. The number of aliphatic hydroxyl groups excluding tert-OH is 1. The number of hydrogen-bond donors (Lipinski definition) is 2. The van der Waals surface area contributed by atoms with Gasteiger partial charge in [-0.15, -0.1) is 0 Å². The Hall–Kier alpha value is -0.580. The lowest BCUT2D eigenvalue weighted by molar-refractivity contribution is 0.156. The van der Waals surface area contributed by atoms with Crippen molar-refractivity contribution < 1.29 is 9.84 Å². The van der Waals surface area contributed by atoms with Gasteiger partial charge in [0, 0.05) is 29.0 Å². The quantitative estimate of drug-likeness (QED) is 0.898. The second-order valence-electron chi connectivity index (χ2n) is 4.34. The Bertz CT molecular complexity index is 384. The van der Waals surface area contributed by atoms with Gasteiger partial charge in [-0.3, -0.25) is 0 Å². The molecule has 2 atom stereocenters. The van der Waals surface area contributed by atoms with Crippen molar-refractivity contribution in [3.63, 3.8) is 0 Å². The molecule has 4 heteroatoms. The molecule has 94 valence electrons. The summed E-state index contributed by atoms with van der Waals surface area (Å²) in [5.74, 6) is 0.947. The Morgan fingerprint density at radius 3 is 3.18 bits per heavy atom. The smallest absolute Gasteiger partial charge is 0.124 e. The van der Waals surface area contributed by atoms with E-state index in [1.807, 2.05) is 19.1 Å². The second-order valence-corrected chi connectivity index (χ2v) is 5.26. The second kappa shape index (κ2) is 5.85. The number of halogens is 1. The Kier molecular flexibility index (Phi) is 4.42. The topological polar surface area (TPSA) is 41.5 Å². The molecule has 1 aliphatic heterocycles. The summed E-state index contributed by atoms with van der Waals surface area (Å²) in [5, 5.41) is 13.0. The fourth-order valence-corrected chi connectivity index (χ4v) is 2.38. The lowest BCUT2D eigenvalue weighted by atomic mass is 10.0. The van der Waals surface area contributed by atoms with E-state index in [4.69, 9.17) is 4.74 Å². The minimum atomic E-state index is -0.270. The zero-order chi connectivity index (χ0) is 12.3. The molecule has 1 aliphatic rings. The predicted octanol–water partition coefficient (Wildman–Crippen LogP) is 2.63. The van der Waals surface area contributed by atoms with Crippen molar-refractivity contribution in [3.05, 3.63) is 28.2 Å². The lowest BCUT2D eigenvalue weighted by Gasteiger charge is -2.27. The van der Waals surface area contributed by atoms with Gasteiger partial charge in [-0.2, -0.15) is 0 Å². The maximum atomic E-state index is 9.59. The molecule has 0 radical (unpaired) electrons. The Morgan fingerprint density at radius 2 is 2.41 bits per heavy atom. The van der Waals surface area contributed by atoms with Crippen molar-refractivity contribution in [3.8, 4) is 5.75 Å². The van der Waals surface area contributed by atoms with Gasteiger partial charge in [-0.05, 0) is 24.6 Å². The van der Waals surface area contributed by atoms with Crippen LogP contribution in [0.5, 0.6) is 5.75 Å². The fraction of sp³-hybridized carbons (Fsp3) is 0.538. The monoisotopic (exact) mass is 299 g/mol. The molecule has 0 bridgehead atoms. The molecule has 0 saturated carbocycles. The van der Waals surface area contributed by atoms with Gasteiger partial charge in [0.2, 0.25) is 0 Å². The van der Waals surface area contributed by atoms with Crippen LogP contribution < -0.4 is 10.1 Å². The first-order valence-corrected chi connectivity index (χ1v) is 6.83. The third kappa shape index (κ3) is 3.21. The highest BCUT2D eigenvalue weighted by atomic mass is 79.9. The summed E-state index contributed by atoms with van der Waals surface area (Å²) in [5.41, 5.74) is 1.17. The van der Waals surface area contributed by atoms with E-state index < -0.39 is 0 Å². The van der Waals surface area contributed by atoms with Crippen molar-refractivity contribution in [1.29, 1.82) is 0 Å². The third-order valence-electron chi connectivity index (χ3n) is 3.08. The van der Waals surface area contributed by atoms with E-state index in [1.54, 1.807) is 0 Å². The van der Waals surface area contributed by atoms with Gasteiger partial charge >= 0.3 is 0 Å². The van der Waals surface area contributed by atoms with E-state index >= 15 is 0 Å². The highest BCUT2D eigenvalue weighted by Gasteiger charge is 2.21. The van der Waals surface area contributed by atoms with E-state index in [0.717, 1.165) is 29.7 Å². The normalized spacial score (nSPS) is 20.5.